The van der Waals surface area contributed by atoms with Crippen LogP contribution in [0.2, 0.25) is 5.02 Å². The van der Waals surface area contributed by atoms with E-state index in [9.17, 15) is 17.6 Å². The summed E-state index contributed by atoms with van der Waals surface area (Å²) in [7, 11) is 0. The molecule has 0 spiro atoms. The van der Waals surface area contributed by atoms with Gasteiger partial charge in [0.25, 0.3) is 0 Å². The van der Waals surface area contributed by atoms with Crippen LogP contribution < -0.4 is 16.0 Å². The van der Waals surface area contributed by atoms with E-state index in [0.717, 1.165) is 50.4 Å². The highest BCUT2D eigenvalue weighted by molar-refractivity contribution is 6.35. The number of hydrogen-bond acceptors (Lipinski definition) is 6. The second-order valence-corrected chi connectivity index (χ2v) is 9.39. The second-order valence-electron chi connectivity index (χ2n) is 9.01. The second kappa shape index (κ2) is 9.27. The Kier molecular flexibility index (Phi) is 6.30. The van der Waals surface area contributed by atoms with Crippen LogP contribution in [0.3, 0.4) is 0 Å². The number of alkyl halides is 3. The van der Waals surface area contributed by atoms with E-state index >= 15 is 0 Å². The molecule has 186 valence electrons. The van der Waals surface area contributed by atoms with Gasteiger partial charge in [0.2, 0.25) is 0 Å². The number of anilines is 2. The zero-order valence-corrected chi connectivity index (χ0v) is 19.5. The van der Waals surface area contributed by atoms with Gasteiger partial charge >= 0.3 is 6.18 Å². The van der Waals surface area contributed by atoms with Crippen molar-refractivity contribution in [1.82, 2.24) is 24.8 Å². The lowest BCUT2D eigenvalue weighted by Crippen LogP contribution is -2.44. The van der Waals surface area contributed by atoms with Crippen molar-refractivity contribution in [3.05, 3.63) is 53.0 Å². The molecule has 0 aliphatic carbocycles. The Bertz CT molecular complexity index is 1220. The van der Waals surface area contributed by atoms with Gasteiger partial charge in [0.1, 0.15) is 28.8 Å². The third kappa shape index (κ3) is 4.79. The summed E-state index contributed by atoms with van der Waals surface area (Å²) in [5, 5.41) is 3.56. The molecule has 2 fully saturated rings. The molecule has 5 rings (SSSR count). The van der Waals surface area contributed by atoms with Crippen LogP contribution in [0.15, 0.2) is 30.7 Å². The summed E-state index contributed by atoms with van der Waals surface area (Å²) in [6.07, 6.45) is -0.0865. The van der Waals surface area contributed by atoms with E-state index in [-0.39, 0.29) is 17.3 Å². The predicted octanol–water partition coefficient (Wildman–Crippen LogP) is 4.34. The lowest BCUT2D eigenvalue weighted by molar-refractivity contribution is -0.139. The summed E-state index contributed by atoms with van der Waals surface area (Å²) in [5.74, 6) is 0.889. The van der Waals surface area contributed by atoms with E-state index in [0.29, 0.717) is 35.5 Å². The predicted molar refractivity (Wildman–Crippen MR) is 125 cm³/mol. The van der Waals surface area contributed by atoms with Gasteiger partial charge in [-0.1, -0.05) is 11.6 Å². The zero-order valence-electron chi connectivity index (χ0n) is 18.7. The average molecular weight is 510 g/mol. The van der Waals surface area contributed by atoms with Crippen LogP contribution in [0.1, 0.15) is 30.1 Å². The highest BCUT2D eigenvalue weighted by Gasteiger charge is 2.35. The van der Waals surface area contributed by atoms with Crippen molar-refractivity contribution in [2.24, 2.45) is 5.92 Å². The minimum Gasteiger partial charge on any atom is -0.382 e. The van der Waals surface area contributed by atoms with Crippen LogP contribution in [0.4, 0.5) is 29.2 Å². The molecule has 0 amide bonds. The molecule has 3 N–H and O–H groups in total. The lowest BCUT2D eigenvalue weighted by atomic mass is 9.95. The number of aromatic nitrogens is 4. The van der Waals surface area contributed by atoms with E-state index in [1.54, 1.807) is 6.20 Å². The van der Waals surface area contributed by atoms with E-state index in [1.165, 1.54) is 12.4 Å². The Morgan fingerprint density at radius 1 is 1.14 bits per heavy atom. The number of nitrogens with two attached hydrogens (primary N) is 1. The molecule has 2 saturated heterocycles. The van der Waals surface area contributed by atoms with Crippen molar-refractivity contribution in [3.63, 3.8) is 0 Å². The zero-order chi connectivity index (χ0) is 24.7. The first kappa shape index (κ1) is 23.8. The summed E-state index contributed by atoms with van der Waals surface area (Å²) in [6, 6.07) is 3.03. The molecule has 0 unspecified atom stereocenters. The average Bonchev–Trinajstić information content (AvgIpc) is 3.22. The third-order valence-electron chi connectivity index (χ3n) is 6.65. The van der Waals surface area contributed by atoms with Crippen molar-refractivity contribution in [3.8, 4) is 11.3 Å². The minimum atomic E-state index is -4.78. The SMILES string of the molecule is Nc1ncnc(N2CCC(c3nc(-c4ccc(F)c(C(F)(F)F)c4)cn3CC3CNC3)CC2)c1Cl. The normalized spacial score (nSPS) is 17.6. The monoisotopic (exact) mass is 509 g/mol. The van der Waals surface area contributed by atoms with Crippen LogP contribution in [0.5, 0.6) is 0 Å². The van der Waals surface area contributed by atoms with Gasteiger partial charge in [-0.15, -0.1) is 0 Å². The van der Waals surface area contributed by atoms with Crippen molar-refractivity contribution >= 4 is 23.2 Å². The van der Waals surface area contributed by atoms with Gasteiger partial charge in [-0.05, 0) is 31.0 Å². The topological polar surface area (TPSA) is 84.9 Å². The highest BCUT2D eigenvalue weighted by atomic mass is 35.5. The molecule has 7 nitrogen and oxygen atoms in total. The van der Waals surface area contributed by atoms with Crippen LogP contribution in [0.25, 0.3) is 11.3 Å². The number of halogens is 5. The van der Waals surface area contributed by atoms with Crippen LogP contribution in [-0.2, 0) is 12.7 Å². The summed E-state index contributed by atoms with van der Waals surface area (Å²) in [6.45, 7) is 3.82. The molecule has 1 aromatic carbocycles. The van der Waals surface area contributed by atoms with Crippen molar-refractivity contribution in [1.29, 1.82) is 0 Å². The molecule has 0 radical (unpaired) electrons. The summed E-state index contributed by atoms with van der Waals surface area (Å²) >= 11 is 6.29. The maximum absolute atomic E-state index is 13.8. The Labute approximate surface area is 204 Å². The smallest absolute Gasteiger partial charge is 0.382 e. The maximum atomic E-state index is 13.8. The fraction of sp³-hybridized carbons (Fsp3) is 0.435. The molecular weight excluding hydrogens is 486 g/mol. The minimum absolute atomic E-state index is 0.105. The lowest BCUT2D eigenvalue weighted by Gasteiger charge is -2.34. The van der Waals surface area contributed by atoms with Gasteiger partial charge in [0.05, 0.1) is 11.3 Å². The van der Waals surface area contributed by atoms with Gasteiger partial charge in [-0.3, -0.25) is 0 Å². The van der Waals surface area contributed by atoms with Crippen LogP contribution in [-0.4, -0.2) is 45.7 Å². The Balaban J connectivity index is 1.41. The van der Waals surface area contributed by atoms with Gasteiger partial charge in [0.15, 0.2) is 5.82 Å². The molecule has 35 heavy (non-hydrogen) atoms. The number of benzene rings is 1. The molecular formula is C23H24ClF4N7. The van der Waals surface area contributed by atoms with E-state index < -0.39 is 17.6 Å². The van der Waals surface area contributed by atoms with E-state index in [2.05, 4.69) is 20.2 Å². The van der Waals surface area contributed by atoms with Gasteiger partial charge in [-0.2, -0.15) is 13.2 Å². The number of nitrogens with one attached hydrogen (secondary N) is 1. The number of rotatable bonds is 5. The fourth-order valence-electron chi connectivity index (χ4n) is 4.64. The van der Waals surface area contributed by atoms with E-state index in [1.807, 2.05) is 4.57 Å². The van der Waals surface area contributed by atoms with Gasteiger partial charge in [-0.25, -0.2) is 19.3 Å². The molecule has 2 aliphatic rings. The molecule has 4 heterocycles. The molecule has 0 saturated carbocycles. The number of nitrogen functional groups attached to an aromatic ring is 1. The standard InChI is InChI=1S/C23H24ClF4N7/c24-19-20(29)31-12-32-22(19)34-5-3-14(4-6-34)21-33-18(11-35(21)10-13-8-30-9-13)15-1-2-17(25)16(7-15)23(26,27)28/h1-2,7,11-14,30H,3-6,8-10H2,(H2,29,31,32). The molecule has 12 heteroatoms. The first-order valence-corrected chi connectivity index (χ1v) is 11.7. The first-order valence-electron chi connectivity index (χ1n) is 11.4. The summed E-state index contributed by atoms with van der Waals surface area (Å²) in [4.78, 5) is 15.0. The summed E-state index contributed by atoms with van der Waals surface area (Å²) < 4.78 is 55.7. The Hall–Kier alpha value is -2.92. The molecule has 0 atom stereocenters. The molecule has 0 bridgehead atoms. The Morgan fingerprint density at radius 3 is 2.54 bits per heavy atom. The number of piperidine rings is 1. The summed E-state index contributed by atoms with van der Waals surface area (Å²) in [5.41, 5.74) is 5.18. The third-order valence-corrected chi connectivity index (χ3v) is 7.02. The largest absolute Gasteiger partial charge is 0.419 e. The molecule has 2 aromatic heterocycles. The van der Waals surface area contributed by atoms with E-state index in [4.69, 9.17) is 22.3 Å². The molecule has 2 aliphatic heterocycles. The fourth-order valence-corrected chi connectivity index (χ4v) is 4.86. The van der Waals surface area contributed by atoms with Crippen LogP contribution >= 0.6 is 11.6 Å². The number of hydrogen-bond donors (Lipinski definition) is 2. The molecule has 3 aromatic rings. The van der Waals surface area contributed by atoms with Crippen molar-refractivity contribution in [2.45, 2.75) is 31.5 Å². The van der Waals surface area contributed by atoms with Crippen LogP contribution in [0, 0.1) is 11.7 Å². The highest BCUT2D eigenvalue weighted by Crippen LogP contribution is 2.37. The van der Waals surface area contributed by atoms with Crippen molar-refractivity contribution < 1.29 is 17.6 Å². The first-order chi connectivity index (χ1) is 16.7. The quantitative estimate of drug-likeness (QED) is 0.498. The number of imidazole rings is 1. The maximum Gasteiger partial charge on any atom is 0.419 e. The van der Waals surface area contributed by atoms with Gasteiger partial charge in [0, 0.05) is 56.3 Å². The number of nitrogens with zero attached hydrogens (tertiary/aromatic N) is 5. The van der Waals surface area contributed by atoms with Crippen molar-refractivity contribution in [2.75, 3.05) is 36.8 Å². The Morgan fingerprint density at radius 2 is 1.89 bits per heavy atom. The van der Waals surface area contributed by atoms with Gasteiger partial charge < -0.3 is 20.5 Å².